The highest BCUT2D eigenvalue weighted by Gasteiger charge is 2.45. The summed E-state index contributed by atoms with van der Waals surface area (Å²) in [5, 5.41) is 3.60. The fourth-order valence-electron chi connectivity index (χ4n) is 6.74. The fraction of sp³-hybridized carbons (Fsp3) is 0.368. The van der Waals surface area contributed by atoms with Crippen molar-refractivity contribution in [2.24, 2.45) is 11.8 Å². The summed E-state index contributed by atoms with van der Waals surface area (Å²) in [4.78, 5) is 47.4. The van der Waals surface area contributed by atoms with E-state index in [1.54, 1.807) is 21.0 Å². The lowest BCUT2D eigenvalue weighted by molar-refractivity contribution is -0.0565. The average Bonchev–Trinajstić information content (AvgIpc) is 3.72. The van der Waals surface area contributed by atoms with Gasteiger partial charge in [-0.1, -0.05) is 104 Å². The Bertz CT molecular complexity index is 1990. The monoisotopic (exact) mass is 698 g/mol. The molecule has 0 amide bonds. The third-order valence-corrected chi connectivity index (χ3v) is 10.5. The van der Waals surface area contributed by atoms with Crippen LogP contribution >= 0.6 is 11.3 Å². The number of fused-ring (bicyclic) bond motifs is 1. The third kappa shape index (κ3) is 6.65. The Hall–Kier alpha value is -4.94. The van der Waals surface area contributed by atoms with Crippen molar-refractivity contribution in [1.29, 1.82) is 0 Å². The van der Waals surface area contributed by atoms with Gasteiger partial charge in [-0.15, -0.1) is 0 Å². The number of methoxy groups -OCH3 is 1. The van der Waals surface area contributed by atoms with E-state index in [0.717, 1.165) is 34.4 Å². The van der Waals surface area contributed by atoms with Crippen LogP contribution < -0.4 is 20.5 Å². The molecule has 5 atom stereocenters. The maximum atomic E-state index is 13.8. The quantitative estimate of drug-likeness (QED) is 0.104. The zero-order valence-corrected chi connectivity index (χ0v) is 29.6. The van der Waals surface area contributed by atoms with Gasteiger partial charge in [0.2, 0.25) is 5.95 Å². The van der Waals surface area contributed by atoms with Gasteiger partial charge in [0.1, 0.15) is 28.3 Å². The fourth-order valence-corrected chi connectivity index (χ4v) is 7.58. The molecule has 3 heterocycles. The molecule has 262 valence electrons. The molecule has 50 heavy (non-hydrogen) atoms. The molecule has 2 N–H and O–H groups in total. The molecule has 12 heteroatoms. The highest BCUT2D eigenvalue weighted by atomic mass is 32.1. The first-order chi connectivity index (χ1) is 24.2. The van der Waals surface area contributed by atoms with Gasteiger partial charge in [-0.25, -0.2) is 4.79 Å². The number of H-pyrrole nitrogens is 1. The molecule has 2 aromatic heterocycles. The van der Waals surface area contributed by atoms with Crippen LogP contribution in [-0.2, 0) is 19.7 Å². The molecule has 0 saturated carbocycles. The molecule has 5 aromatic rings. The summed E-state index contributed by atoms with van der Waals surface area (Å²) in [6.07, 6.45) is -1.07. The molecule has 3 aromatic carbocycles. The van der Waals surface area contributed by atoms with Crippen LogP contribution in [0.4, 0.5) is 10.7 Å². The molecule has 0 aliphatic carbocycles. The summed E-state index contributed by atoms with van der Waals surface area (Å²) in [7, 11) is 1.62. The molecule has 1 aliphatic heterocycles. The number of carbonyl (C=O) groups excluding carboxylic acids is 1. The second-order valence-corrected chi connectivity index (χ2v) is 13.5. The lowest BCUT2D eigenvalue weighted by Crippen LogP contribution is -2.39. The number of anilines is 1. The van der Waals surface area contributed by atoms with E-state index in [2.05, 4.69) is 24.1 Å². The largest absolute Gasteiger partial charge is 0.508 e. The molecule has 1 aliphatic rings. The van der Waals surface area contributed by atoms with Crippen LogP contribution in [-0.4, -0.2) is 46.6 Å². The molecule has 11 nitrogen and oxygen atoms in total. The van der Waals surface area contributed by atoms with E-state index >= 15 is 0 Å². The van der Waals surface area contributed by atoms with Crippen molar-refractivity contribution in [3.63, 3.8) is 0 Å². The standard InChI is InChI=1S/C38H42N4O7S/c1-6-23(3)30-22-29(24(4)48-37(45)47-7-2)34(49-30)42-32-31(50-36(42)44)33(43)40-35(39-32)41-38(25-14-10-8-11-15-25,26-16-12-9-13-17-26)27-18-20-28(46-5)21-19-27/h8-21,23-24,29-30,34H,6-7,22H2,1-5H3,(H2,39,40,41,43)/t23-,24+,29-,30-,34+/m0/s1. The van der Waals surface area contributed by atoms with Gasteiger partial charge in [-0.3, -0.25) is 19.1 Å². The number of nitrogens with zero attached hydrogens (tertiary/aromatic N) is 2. The number of benzene rings is 3. The van der Waals surface area contributed by atoms with Gasteiger partial charge in [0.15, 0.2) is 5.65 Å². The maximum absolute atomic E-state index is 13.8. The summed E-state index contributed by atoms with van der Waals surface area (Å²) in [5.41, 5.74) is 1.33. The van der Waals surface area contributed by atoms with Crippen molar-refractivity contribution in [2.75, 3.05) is 19.0 Å². The topological polar surface area (TPSA) is 134 Å². The highest BCUT2D eigenvalue weighted by molar-refractivity contribution is 7.16. The van der Waals surface area contributed by atoms with Crippen LogP contribution in [0.25, 0.3) is 10.3 Å². The first-order valence-electron chi connectivity index (χ1n) is 16.9. The zero-order chi connectivity index (χ0) is 35.4. The van der Waals surface area contributed by atoms with Gasteiger partial charge >= 0.3 is 11.0 Å². The Labute approximate surface area is 294 Å². The minimum Gasteiger partial charge on any atom is -0.497 e. The van der Waals surface area contributed by atoms with Crippen molar-refractivity contribution in [2.45, 2.75) is 64.5 Å². The minimum absolute atomic E-state index is 0.154. The highest BCUT2D eigenvalue weighted by Crippen LogP contribution is 2.43. The van der Waals surface area contributed by atoms with Crippen LogP contribution in [0.15, 0.2) is 94.5 Å². The second-order valence-electron chi connectivity index (χ2n) is 12.5. The molecular weight excluding hydrogens is 657 g/mol. The Morgan fingerprint density at radius 1 is 1.00 bits per heavy atom. The Morgan fingerprint density at radius 2 is 1.62 bits per heavy atom. The van der Waals surface area contributed by atoms with Gasteiger partial charge in [-0.2, -0.15) is 4.98 Å². The van der Waals surface area contributed by atoms with Crippen LogP contribution in [0.3, 0.4) is 0 Å². The van der Waals surface area contributed by atoms with E-state index in [0.29, 0.717) is 12.2 Å². The Balaban J connectivity index is 1.51. The normalized spacial score (nSPS) is 18.8. The Kier molecular flexibility index (Phi) is 10.4. The maximum Gasteiger partial charge on any atom is 0.508 e. The lowest BCUT2D eigenvalue weighted by atomic mass is 9.77. The first-order valence-corrected chi connectivity index (χ1v) is 17.7. The molecule has 0 radical (unpaired) electrons. The van der Waals surface area contributed by atoms with Crippen molar-refractivity contribution in [3.8, 4) is 5.75 Å². The number of hydrogen-bond acceptors (Lipinski definition) is 10. The number of aromatic nitrogens is 3. The number of hydrogen-bond donors (Lipinski definition) is 2. The van der Waals surface area contributed by atoms with Crippen LogP contribution in [0.5, 0.6) is 5.75 Å². The third-order valence-electron chi connectivity index (χ3n) is 9.58. The average molecular weight is 699 g/mol. The summed E-state index contributed by atoms with van der Waals surface area (Å²) in [6, 6.07) is 27.5. The van der Waals surface area contributed by atoms with Gasteiger partial charge in [-0.05, 0) is 55.0 Å². The Morgan fingerprint density at radius 3 is 2.20 bits per heavy atom. The van der Waals surface area contributed by atoms with E-state index in [9.17, 15) is 14.4 Å². The first kappa shape index (κ1) is 34.9. The predicted molar refractivity (Wildman–Crippen MR) is 193 cm³/mol. The number of nitrogens with one attached hydrogen (secondary N) is 2. The molecular formula is C38H42N4O7S. The van der Waals surface area contributed by atoms with Gasteiger partial charge in [0, 0.05) is 5.92 Å². The van der Waals surface area contributed by atoms with E-state index in [4.69, 9.17) is 23.9 Å². The molecule has 0 spiro atoms. The number of rotatable bonds is 12. The lowest BCUT2D eigenvalue weighted by Gasteiger charge is -2.37. The summed E-state index contributed by atoms with van der Waals surface area (Å²) in [6.45, 7) is 7.82. The number of thiazole rings is 1. The summed E-state index contributed by atoms with van der Waals surface area (Å²) >= 11 is 0.810. The van der Waals surface area contributed by atoms with Crippen molar-refractivity contribution < 1.29 is 23.7 Å². The zero-order valence-electron chi connectivity index (χ0n) is 28.8. The number of carbonyl (C=O) groups is 1. The van der Waals surface area contributed by atoms with E-state index in [1.165, 1.54) is 4.57 Å². The smallest absolute Gasteiger partial charge is 0.497 e. The van der Waals surface area contributed by atoms with Crippen molar-refractivity contribution in [1.82, 2.24) is 14.5 Å². The molecule has 1 saturated heterocycles. The predicted octanol–water partition coefficient (Wildman–Crippen LogP) is 7.07. The van der Waals surface area contributed by atoms with Crippen LogP contribution in [0.1, 0.15) is 63.5 Å². The van der Waals surface area contributed by atoms with Gasteiger partial charge < -0.3 is 24.3 Å². The van der Waals surface area contributed by atoms with E-state index in [1.807, 2.05) is 84.9 Å². The SMILES string of the molecule is CCOC(=O)O[C@H](C)[C@@H]1C[C@@H]([C@@H](C)CC)O[C@H]1n1c(=O)sc2c(=O)[nH]c(NC(c3ccccc3)(c3ccccc3)c3ccc(OC)cc3)nc21. The van der Waals surface area contributed by atoms with Crippen molar-refractivity contribution in [3.05, 3.63) is 122 Å². The second kappa shape index (κ2) is 14.9. The molecule has 6 rings (SSSR count). The van der Waals surface area contributed by atoms with Crippen LogP contribution in [0, 0.1) is 11.8 Å². The molecule has 0 bridgehead atoms. The van der Waals surface area contributed by atoms with E-state index in [-0.39, 0.29) is 34.9 Å². The molecule has 0 unspecified atom stereocenters. The summed E-state index contributed by atoms with van der Waals surface area (Å²) < 4.78 is 24.3. The van der Waals surface area contributed by atoms with Crippen LogP contribution in [0.2, 0.25) is 0 Å². The minimum atomic E-state index is -1.03. The van der Waals surface area contributed by atoms with Crippen molar-refractivity contribution >= 4 is 33.8 Å². The van der Waals surface area contributed by atoms with Gasteiger partial charge in [0.25, 0.3) is 5.56 Å². The number of ether oxygens (including phenoxy) is 4. The molecule has 1 fully saturated rings. The summed E-state index contributed by atoms with van der Waals surface area (Å²) in [5.74, 6) is 0.621. The van der Waals surface area contributed by atoms with Gasteiger partial charge in [0.05, 0.1) is 19.8 Å². The number of aromatic amines is 1. The van der Waals surface area contributed by atoms with E-state index < -0.39 is 40.4 Å².